The van der Waals surface area contributed by atoms with Gasteiger partial charge in [0.2, 0.25) is 0 Å². The zero-order chi connectivity index (χ0) is 13.1. The first-order valence-corrected chi connectivity index (χ1v) is 6.71. The Hall–Kier alpha value is -1.16. The Kier molecular flexibility index (Phi) is 4.46. The number of aryl methyl sites for hydroxylation is 1. The number of thioether (sulfide) groups is 1. The van der Waals surface area contributed by atoms with Gasteiger partial charge in [-0.25, -0.2) is 0 Å². The molecule has 17 heavy (non-hydrogen) atoms. The maximum Gasteiger partial charge on any atom is 0.251 e. The Morgan fingerprint density at radius 3 is 2.65 bits per heavy atom. The second kappa shape index (κ2) is 5.45. The molecule has 0 saturated carbocycles. The molecule has 0 aliphatic heterocycles. The third kappa shape index (κ3) is 3.97. The zero-order valence-electron chi connectivity index (χ0n) is 10.7. The molecule has 94 valence electrons. The summed E-state index contributed by atoms with van der Waals surface area (Å²) in [5.41, 5.74) is 1.29. The van der Waals surface area contributed by atoms with Crippen molar-refractivity contribution >= 4 is 17.7 Å². The van der Waals surface area contributed by atoms with Crippen molar-refractivity contribution in [2.75, 3.05) is 12.8 Å². The summed E-state index contributed by atoms with van der Waals surface area (Å²) < 4.78 is 0.0294. The van der Waals surface area contributed by atoms with Gasteiger partial charge in [0.25, 0.3) is 5.91 Å². The molecule has 2 N–H and O–H groups in total. The Bertz CT molecular complexity index is 416. The first kappa shape index (κ1) is 13.9. The second-order valence-corrected chi connectivity index (χ2v) is 6.16. The van der Waals surface area contributed by atoms with Crippen molar-refractivity contribution in [2.45, 2.75) is 25.5 Å². The number of rotatable bonds is 4. The van der Waals surface area contributed by atoms with Gasteiger partial charge >= 0.3 is 0 Å². The van der Waals surface area contributed by atoms with Crippen LogP contribution in [0.3, 0.4) is 0 Å². The molecule has 0 atom stereocenters. The van der Waals surface area contributed by atoms with Crippen LogP contribution in [0.4, 0.5) is 0 Å². The first-order chi connectivity index (χ1) is 7.85. The lowest BCUT2D eigenvalue weighted by molar-refractivity contribution is 0.0950. The molecule has 0 radical (unpaired) electrons. The summed E-state index contributed by atoms with van der Waals surface area (Å²) in [5, 5.41) is 12.3. The van der Waals surface area contributed by atoms with Crippen LogP contribution >= 0.6 is 11.8 Å². The van der Waals surface area contributed by atoms with E-state index < -0.39 is 0 Å². The van der Waals surface area contributed by atoms with Gasteiger partial charge in [-0.3, -0.25) is 4.79 Å². The lowest BCUT2D eigenvalue weighted by Crippen LogP contribution is -2.36. The summed E-state index contributed by atoms with van der Waals surface area (Å²) in [7, 11) is 0. The largest absolute Gasteiger partial charge is 0.508 e. The summed E-state index contributed by atoms with van der Waals surface area (Å²) >= 11 is 1.72. The smallest absolute Gasteiger partial charge is 0.251 e. The van der Waals surface area contributed by atoms with Crippen LogP contribution in [0.5, 0.6) is 5.75 Å². The van der Waals surface area contributed by atoms with Crippen LogP contribution in [0.15, 0.2) is 18.2 Å². The van der Waals surface area contributed by atoms with E-state index in [1.807, 2.05) is 6.26 Å². The fraction of sp³-hybridized carbons (Fsp3) is 0.462. The highest BCUT2D eigenvalue weighted by Gasteiger charge is 2.17. The molecule has 4 heteroatoms. The molecule has 3 nitrogen and oxygen atoms in total. The predicted octanol–water partition coefficient (Wildman–Crippen LogP) is 2.57. The molecule has 0 saturated heterocycles. The van der Waals surface area contributed by atoms with Crippen LogP contribution in [-0.4, -0.2) is 28.6 Å². The van der Waals surface area contributed by atoms with Crippen LogP contribution in [0.25, 0.3) is 0 Å². The number of nitrogens with one attached hydrogen (secondary N) is 1. The molecule has 0 aliphatic rings. The van der Waals surface area contributed by atoms with Gasteiger partial charge in [0, 0.05) is 16.9 Å². The average Bonchev–Trinajstić information content (AvgIpc) is 2.30. The molecule has 1 aromatic rings. The third-order valence-electron chi connectivity index (χ3n) is 2.69. The van der Waals surface area contributed by atoms with E-state index in [1.165, 1.54) is 0 Å². The van der Waals surface area contributed by atoms with E-state index in [0.29, 0.717) is 17.7 Å². The van der Waals surface area contributed by atoms with Crippen molar-refractivity contribution in [1.82, 2.24) is 5.32 Å². The maximum atomic E-state index is 11.9. The lowest BCUT2D eigenvalue weighted by atomic mass is 10.1. The van der Waals surface area contributed by atoms with Gasteiger partial charge in [0.1, 0.15) is 5.75 Å². The summed E-state index contributed by atoms with van der Waals surface area (Å²) in [6, 6.07) is 4.87. The number of carbonyl (C=O) groups excluding carboxylic acids is 1. The summed E-state index contributed by atoms with van der Waals surface area (Å²) in [4.78, 5) is 11.9. The summed E-state index contributed by atoms with van der Waals surface area (Å²) in [5.74, 6) is 0.112. The Labute approximate surface area is 107 Å². The minimum absolute atomic E-state index is 0.0294. The fourth-order valence-corrected chi connectivity index (χ4v) is 1.48. The number of benzene rings is 1. The molecule has 0 spiro atoms. The SMILES string of the molecule is CSC(C)(C)CNC(=O)c1ccc(O)c(C)c1. The van der Waals surface area contributed by atoms with Gasteiger partial charge in [-0.1, -0.05) is 0 Å². The van der Waals surface area contributed by atoms with Crippen molar-refractivity contribution in [3.05, 3.63) is 29.3 Å². The van der Waals surface area contributed by atoms with E-state index in [2.05, 4.69) is 19.2 Å². The quantitative estimate of drug-likeness (QED) is 0.867. The number of hydrogen-bond donors (Lipinski definition) is 2. The number of aromatic hydroxyl groups is 1. The average molecular weight is 253 g/mol. The third-order valence-corrected chi connectivity index (χ3v) is 3.94. The molecule has 1 rings (SSSR count). The summed E-state index contributed by atoms with van der Waals surface area (Å²) in [6.07, 6.45) is 2.02. The van der Waals surface area contributed by atoms with Crippen LogP contribution < -0.4 is 5.32 Å². The van der Waals surface area contributed by atoms with Crippen LogP contribution in [-0.2, 0) is 0 Å². The Morgan fingerprint density at radius 2 is 2.12 bits per heavy atom. The van der Waals surface area contributed by atoms with E-state index in [0.717, 1.165) is 0 Å². The highest BCUT2D eigenvalue weighted by atomic mass is 32.2. The highest BCUT2D eigenvalue weighted by Crippen LogP contribution is 2.20. The highest BCUT2D eigenvalue weighted by molar-refractivity contribution is 7.99. The summed E-state index contributed by atoms with van der Waals surface area (Å²) in [6.45, 7) is 6.56. The maximum absolute atomic E-state index is 11.9. The van der Waals surface area contributed by atoms with Gasteiger partial charge in [-0.15, -0.1) is 0 Å². The molecule has 1 aromatic carbocycles. The second-order valence-electron chi connectivity index (χ2n) is 4.65. The number of phenols is 1. The van der Waals surface area contributed by atoms with Gasteiger partial charge in [-0.2, -0.15) is 11.8 Å². The van der Waals surface area contributed by atoms with E-state index >= 15 is 0 Å². The first-order valence-electron chi connectivity index (χ1n) is 5.49. The van der Waals surface area contributed by atoms with Gasteiger partial charge in [0.05, 0.1) is 0 Å². The Balaban J connectivity index is 2.68. The molecule has 0 unspecified atom stereocenters. The van der Waals surface area contributed by atoms with Crippen molar-refractivity contribution in [3.63, 3.8) is 0 Å². The minimum Gasteiger partial charge on any atom is -0.508 e. The Morgan fingerprint density at radius 1 is 1.47 bits per heavy atom. The van der Waals surface area contributed by atoms with E-state index in [9.17, 15) is 9.90 Å². The zero-order valence-corrected chi connectivity index (χ0v) is 11.5. The molecule has 0 fully saturated rings. The van der Waals surface area contributed by atoms with Crippen LogP contribution in [0.2, 0.25) is 0 Å². The van der Waals surface area contributed by atoms with Crippen molar-refractivity contribution < 1.29 is 9.90 Å². The molecule has 0 heterocycles. The number of carbonyl (C=O) groups is 1. The van der Waals surface area contributed by atoms with Gasteiger partial charge < -0.3 is 10.4 Å². The van der Waals surface area contributed by atoms with Crippen molar-refractivity contribution in [3.8, 4) is 5.75 Å². The van der Waals surface area contributed by atoms with Crippen LogP contribution in [0.1, 0.15) is 29.8 Å². The predicted molar refractivity (Wildman–Crippen MR) is 72.8 cm³/mol. The molecule has 0 aliphatic carbocycles. The fourth-order valence-electron chi connectivity index (χ4n) is 1.26. The number of hydrogen-bond acceptors (Lipinski definition) is 3. The molecule has 0 aromatic heterocycles. The van der Waals surface area contributed by atoms with E-state index in [-0.39, 0.29) is 16.4 Å². The normalized spacial score (nSPS) is 11.3. The molecule has 1 amide bonds. The minimum atomic E-state index is -0.102. The van der Waals surface area contributed by atoms with Crippen molar-refractivity contribution in [1.29, 1.82) is 0 Å². The van der Waals surface area contributed by atoms with Crippen molar-refractivity contribution in [2.24, 2.45) is 0 Å². The molecule has 0 bridgehead atoms. The number of phenolic OH excluding ortho intramolecular Hbond substituents is 1. The number of amides is 1. The van der Waals surface area contributed by atoms with Crippen LogP contribution in [0, 0.1) is 6.92 Å². The van der Waals surface area contributed by atoms with E-state index in [1.54, 1.807) is 36.9 Å². The van der Waals surface area contributed by atoms with Gasteiger partial charge in [-0.05, 0) is 50.8 Å². The molecular formula is C13H19NO2S. The standard InChI is InChI=1S/C13H19NO2S/c1-9-7-10(5-6-11(9)15)12(16)14-8-13(2,3)17-4/h5-7,15H,8H2,1-4H3,(H,14,16). The van der Waals surface area contributed by atoms with Gasteiger partial charge in [0.15, 0.2) is 0 Å². The molecular weight excluding hydrogens is 234 g/mol. The van der Waals surface area contributed by atoms with E-state index in [4.69, 9.17) is 0 Å². The monoisotopic (exact) mass is 253 g/mol. The lowest BCUT2D eigenvalue weighted by Gasteiger charge is -2.22. The topological polar surface area (TPSA) is 49.3 Å².